The van der Waals surface area contributed by atoms with E-state index in [4.69, 9.17) is 4.74 Å². The van der Waals surface area contributed by atoms with E-state index < -0.39 is 0 Å². The van der Waals surface area contributed by atoms with Gasteiger partial charge in [-0.05, 0) is 26.8 Å². The van der Waals surface area contributed by atoms with E-state index in [1.807, 2.05) is 16.9 Å². The summed E-state index contributed by atoms with van der Waals surface area (Å²) in [5.41, 5.74) is 0.840. The van der Waals surface area contributed by atoms with Gasteiger partial charge in [0.15, 0.2) is 5.65 Å². The van der Waals surface area contributed by atoms with E-state index >= 15 is 0 Å². The maximum absolute atomic E-state index is 5.12. The molecule has 0 saturated carbocycles. The second-order valence-electron chi connectivity index (χ2n) is 4.52. The molecule has 0 radical (unpaired) electrons. The standard InChI is InChI=1S/C11H15N3O/c1-11(2,3)14-10-8(6-13-14)5-9(15-4)7-12-10/h5-7H,1-4H3. The molecule has 0 spiro atoms. The van der Waals surface area contributed by atoms with Crippen LogP contribution in [0.25, 0.3) is 11.0 Å². The predicted molar refractivity (Wildman–Crippen MR) is 59.1 cm³/mol. The van der Waals surface area contributed by atoms with Crippen molar-refractivity contribution in [3.8, 4) is 5.75 Å². The number of aromatic nitrogens is 3. The van der Waals surface area contributed by atoms with Gasteiger partial charge in [-0.15, -0.1) is 0 Å². The Labute approximate surface area is 88.9 Å². The Morgan fingerprint density at radius 1 is 1.27 bits per heavy atom. The van der Waals surface area contributed by atoms with Crippen molar-refractivity contribution in [3.05, 3.63) is 18.5 Å². The van der Waals surface area contributed by atoms with Gasteiger partial charge in [-0.2, -0.15) is 5.10 Å². The Balaban J connectivity index is 2.62. The Morgan fingerprint density at radius 2 is 2.00 bits per heavy atom. The minimum atomic E-state index is -0.0522. The van der Waals surface area contributed by atoms with Crippen molar-refractivity contribution in [2.75, 3.05) is 7.11 Å². The summed E-state index contributed by atoms with van der Waals surface area (Å²) >= 11 is 0. The fourth-order valence-electron chi connectivity index (χ4n) is 1.50. The predicted octanol–water partition coefficient (Wildman–Crippen LogP) is 2.19. The first-order valence-electron chi connectivity index (χ1n) is 4.90. The molecule has 0 N–H and O–H groups in total. The van der Waals surface area contributed by atoms with E-state index in [0.717, 1.165) is 16.8 Å². The van der Waals surface area contributed by atoms with Gasteiger partial charge >= 0.3 is 0 Å². The molecule has 2 rings (SSSR count). The maximum Gasteiger partial charge on any atom is 0.158 e. The van der Waals surface area contributed by atoms with Crippen LogP contribution in [-0.2, 0) is 5.54 Å². The number of hydrogen-bond acceptors (Lipinski definition) is 3. The molecule has 2 aromatic heterocycles. The topological polar surface area (TPSA) is 39.9 Å². The van der Waals surface area contributed by atoms with E-state index in [1.54, 1.807) is 13.3 Å². The number of ether oxygens (including phenoxy) is 1. The molecule has 0 aliphatic rings. The van der Waals surface area contributed by atoms with Crippen LogP contribution in [-0.4, -0.2) is 21.9 Å². The van der Waals surface area contributed by atoms with Gasteiger partial charge in [-0.1, -0.05) is 0 Å². The van der Waals surface area contributed by atoms with E-state index in [0.29, 0.717) is 0 Å². The molecule has 2 heterocycles. The first-order valence-corrected chi connectivity index (χ1v) is 4.90. The minimum Gasteiger partial charge on any atom is -0.495 e. The van der Waals surface area contributed by atoms with E-state index in [9.17, 15) is 0 Å². The summed E-state index contributed by atoms with van der Waals surface area (Å²) in [6.07, 6.45) is 3.53. The van der Waals surface area contributed by atoms with Crippen molar-refractivity contribution < 1.29 is 4.74 Å². The van der Waals surface area contributed by atoms with Crippen LogP contribution in [0.3, 0.4) is 0 Å². The number of nitrogens with zero attached hydrogens (tertiary/aromatic N) is 3. The summed E-state index contributed by atoms with van der Waals surface area (Å²) in [4.78, 5) is 4.35. The summed E-state index contributed by atoms with van der Waals surface area (Å²) in [7, 11) is 1.64. The molecular formula is C11H15N3O. The fourth-order valence-corrected chi connectivity index (χ4v) is 1.50. The summed E-state index contributed by atoms with van der Waals surface area (Å²) in [6, 6.07) is 1.94. The SMILES string of the molecule is COc1cnc2c(cnn2C(C)(C)C)c1. The number of rotatable bonds is 1. The third kappa shape index (κ3) is 1.67. The van der Waals surface area contributed by atoms with Crippen molar-refractivity contribution in [1.29, 1.82) is 0 Å². The van der Waals surface area contributed by atoms with Gasteiger partial charge in [0.1, 0.15) is 5.75 Å². The summed E-state index contributed by atoms with van der Waals surface area (Å²) in [6.45, 7) is 6.31. The highest BCUT2D eigenvalue weighted by Gasteiger charge is 2.17. The monoisotopic (exact) mass is 205 g/mol. The van der Waals surface area contributed by atoms with Gasteiger partial charge in [0.25, 0.3) is 0 Å². The molecule has 4 nitrogen and oxygen atoms in total. The molecule has 0 aromatic carbocycles. The molecule has 15 heavy (non-hydrogen) atoms. The molecule has 0 aliphatic carbocycles. The Morgan fingerprint density at radius 3 is 2.60 bits per heavy atom. The molecule has 80 valence electrons. The summed E-state index contributed by atoms with van der Waals surface area (Å²) in [5.74, 6) is 0.760. The molecule has 0 aliphatic heterocycles. The smallest absolute Gasteiger partial charge is 0.158 e. The number of pyridine rings is 1. The Kier molecular flexibility index (Phi) is 2.14. The van der Waals surface area contributed by atoms with Gasteiger partial charge in [0, 0.05) is 5.39 Å². The maximum atomic E-state index is 5.12. The molecule has 0 fully saturated rings. The van der Waals surface area contributed by atoms with Crippen LogP contribution in [0, 0.1) is 0 Å². The van der Waals surface area contributed by atoms with Gasteiger partial charge in [0.2, 0.25) is 0 Å². The first-order chi connectivity index (χ1) is 7.02. The van der Waals surface area contributed by atoms with Crippen LogP contribution in [0.4, 0.5) is 0 Å². The van der Waals surface area contributed by atoms with Crippen LogP contribution in [0.1, 0.15) is 20.8 Å². The third-order valence-electron chi connectivity index (χ3n) is 2.25. The van der Waals surface area contributed by atoms with Crippen molar-refractivity contribution >= 4 is 11.0 Å². The molecule has 4 heteroatoms. The number of fused-ring (bicyclic) bond motifs is 1. The fraction of sp³-hybridized carbons (Fsp3) is 0.455. The first kappa shape index (κ1) is 9.96. The van der Waals surface area contributed by atoms with Crippen molar-refractivity contribution in [1.82, 2.24) is 14.8 Å². The average Bonchev–Trinajstić information content (AvgIpc) is 2.59. The van der Waals surface area contributed by atoms with Crippen LogP contribution in [0.5, 0.6) is 5.75 Å². The largest absolute Gasteiger partial charge is 0.495 e. The lowest BCUT2D eigenvalue weighted by molar-refractivity contribution is 0.365. The third-order valence-corrected chi connectivity index (χ3v) is 2.25. The molecule has 0 saturated heterocycles. The second-order valence-corrected chi connectivity index (χ2v) is 4.52. The lowest BCUT2D eigenvalue weighted by Gasteiger charge is -2.19. The second kappa shape index (κ2) is 3.22. The van der Waals surface area contributed by atoms with Crippen LogP contribution in [0.15, 0.2) is 18.5 Å². The van der Waals surface area contributed by atoms with Crippen LogP contribution in [0.2, 0.25) is 0 Å². The zero-order valence-electron chi connectivity index (χ0n) is 9.48. The van der Waals surface area contributed by atoms with Gasteiger partial charge in [-0.3, -0.25) is 0 Å². The molecule has 0 unspecified atom stereocenters. The highest BCUT2D eigenvalue weighted by Crippen LogP contribution is 2.22. The van der Waals surface area contributed by atoms with E-state index in [2.05, 4.69) is 30.9 Å². The molecule has 0 atom stereocenters. The minimum absolute atomic E-state index is 0.0522. The summed E-state index contributed by atoms with van der Waals surface area (Å²) < 4.78 is 7.04. The lowest BCUT2D eigenvalue weighted by atomic mass is 10.1. The number of hydrogen-bond donors (Lipinski definition) is 0. The quantitative estimate of drug-likeness (QED) is 0.716. The van der Waals surface area contributed by atoms with Gasteiger partial charge in [0.05, 0.1) is 25.0 Å². The molecular weight excluding hydrogens is 190 g/mol. The highest BCUT2D eigenvalue weighted by molar-refractivity contribution is 5.76. The van der Waals surface area contributed by atoms with E-state index in [1.165, 1.54) is 0 Å². The normalized spacial score (nSPS) is 12.0. The average molecular weight is 205 g/mol. The lowest BCUT2D eigenvalue weighted by Crippen LogP contribution is -2.23. The zero-order chi connectivity index (χ0) is 11.1. The molecule has 0 amide bonds. The van der Waals surface area contributed by atoms with Gasteiger partial charge in [-0.25, -0.2) is 9.67 Å². The van der Waals surface area contributed by atoms with Crippen molar-refractivity contribution in [2.24, 2.45) is 0 Å². The Hall–Kier alpha value is -1.58. The zero-order valence-corrected chi connectivity index (χ0v) is 9.48. The molecule has 2 aromatic rings. The number of methoxy groups -OCH3 is 1. The van der Waals surface area contributed by atoms with Gasteiger partial charge < -0.3 is 4.74 Å². The van der Waals surface area contributed by atoms with Crippen LogP contribution < -0.4 is 4.74 Å². The van der Waals surface area contributed by atoms with Crippen LogP contribution >= 0.6 is 0 Å². The van der Waals surface area contributed by atoms with E-state index in [-0.39, 0.29) is 5.54 Å². The molecule has 0 bridgehead atoms. The Bertz CT molecular complexity index is 482. The summed E-state index contributed by atoms with van der Waals surface area (Å²) in [5, 5.41) is 5.34. The highest BCUT2D eigenvalue weighted by atomic mass is 16.5. The van der Waals surface area contributed by atoms with Crippen molar-refractivity contribution in [3.63, 3.8) is 0 Å². The van der Waals surface area contributed by atoms with Crippen molar-refractivity contribution in [2.45, 2.75) is 26.3 Å².